The number of pyridine rings is 1. The number of aryl methyl sites for hydroxylation is 1. The second kappa shape index (κ2) is 5.08. The molecule has 0 unspecified atom stereocenters. The third kappa shape index (κ3) is 2.52. The maximum absolute atomic E-state index is 12.6. The summed E-state index contributed by atoms with van der Waals surface area (Å²) < 4.78 is 0. The first-order valence-electron chi connectivity index (χ1n) is 7.58. The Morgan fingerprint density at radius 2 is 2.04 bits per heavy atom. The van der Waals surface area contributed by atoms with E-state index in [0.29, 0.717) is 16.9 Å². The Bertz CT molecular complexity index is 895. The number of hydrogen-bond donors (Lipinski definition) is 3. The zero-order valence-electron chi connectivity index (χ0n) is 12.6. The lowest BCUT2D eigenvalue weighted by Gasteiger charge is -2.08. The van der Waals surface area contributed by atoms with Crippen LogP contribution in [0, 0.1) is 6.92 Å². The molecule has 6 heteroatoms. The number of benzene rings is 1. The normalized spacial score (nSPS) is 14.1. The number of nitrogens with zero attached hydrogens (tertiary/aromatic N) is 2. The summed E-state index contributed by atoms with van der Waals surface area (Å²) in [4.78, 5) is 17.1. The number of nitrogens with one attached hydrogen (secondary N) is 2. The molecule has 1 amide bonds. The summed E-state index contributed by atoms with van der Waals surface area (Å²) in [5.74, 6) is 0.0987. The fourth-order valence-corrected chi connectivity index (χ4v) is 2.62. The molecule has 0 saturated heterocycles. The summed E-state index contributed by atoms with van der Waals surface area (Å²) in [7, 11) is 0. The molecular formula is C17H16N4O2. The molecule has 0 aliphatic heterocycles. The van der Waals surface area contributed by atoms with Crippen molar-refractivity contribution in [2.24, 2.45) is 0 Å². The van der Waals surface area contributed by atoms with E-state index in [1.54, 1.807) is 30.3 Å². The summed E-state index contributed by atoms with van der Waals surface area (Å²) >= 11 is 0. The number of phenolic OH excluding ortho intramolecular Hbond substituents is 1. The number of aromatic amines is 1. The zero-order valence-corrected chi connectivity index (χ0v) is 12.6. The van der Waals surface area contributed by atoms with E-state index >= 15 is 0 Å². The van der Waals surface area contributed by atoms with Crippen LogP contribution in [0.4, 0.5) is 0 Å². The standard InChI is InChI=1S/C17H16N4O2/c1-9-15-13(17(23)18-11-4-5-11)8-14(19-16(15)21-20-9)10-2-6-12(22)7-3-10/h2-3,6-8,11,22H,4-5H2,1H3,(H,18,23)(H,19,20,21). The van der Waals surface area contributed by atoms with E-state index in [4.69, 9.17) is 0 Å². The number of carbonyl (C=O) groups is 1. The van der Waals surface area contributed by atoms with Crippen molar-refractivity contribution in [1.82, 2.24) is 20.5 Å². The van der Waals surface area contributed by atoms with E-state index in [2.05, 4.69) is 20.5 Å². The molecule has 3 aromatic rings. The summed E-state index contributed by atoms with van der Waals surface area (Å²) in [6, 6.07) is 8.81. The predicted molar refractivity (Wildman–Crippen MR) is 86.2 cm³/mol. The van der Waals surface area contributed by atoms with Gasteiger partial charge in [-0.05, 0) is 50.1 Å². The number of aromatic nitrogens is 3. The molecule has 3 N–H and O–H groups in total. The molecule has 1 aliphatic carbocycles. The topological polar surface area (TPSA) is 90.9 Å². The van der Waals surface area contributed by atoms with Gasteiger partial charge in [0.1, 0.15) is 5.75 Å². The van der Waals surface area contributed by atoms with Gasteiger partial charge in [-0.2, -0.15) is 5.10 Å². The van der Waals surface area contributed by atoms with Gasteiger partial charge in [-0.3, -0.25) is 9.89 Å². The number of H-pyrrole nitrogens is 1. The van der Waals surface area contributed by atoms with Gasteiger partial charge in [-0.15, -0.1) is 0 Å². The number of fused-ring (bicyclic) bond motifs is 1. The van der Waals surface area contributed by atoms with Crippen molar-refractivity contribution in [1.29, 1.82) is 0 Å². The highest BCUT2D eigenvalue weighted by molar-refractivity contribution is 6.07. The van der Waals surface area contributed by atoms with Crippen LogP contribution >= 0.6 is 0 Å². The van der Waals surface area contributed by atoms with Crippen LogP contribution in [0.5, 0.6) is 5.75 Å². The van der Waals surface area contributed by atoms with E-state index in [-0.39, 0.29) is 17.7 Å². The van der Waals surface area contributed by atoms with E-state index in [9.17, 15) is 9.90 Å². The number of aromatic hydroxyl groups is 1. The van der Waals surface area contributed by atoms with Gasteiger partial charge in [-0.25, -0.2) is 4.98 Å². The number of hydrogen-bond acceptors (Lipinski definition) is 4. The minimum atomic E-state index is -0.0931. The monoisotopic (exact) mass is 308 g/mol. The van der Waals surface area contributed by atoms with Crippen LogP contribution in [0.1, 0.15) is 28.9 Å². The molecule has 4 rings (SSSR count). The van der Waals surface area contributed by atoms with E-state index < -0.39 is 0 Å². The fraction of sp³-hybridized carbons (Fsp3) is 0.235. The van der Waals surface area contributed by atoms with Crippen molar-refractivity contribution in [3.63, 3.8) is 0 Å². The highest BCUT2D eigenvalue weighted by Crippen LogP contribution is 2.28. The van der Waals surface area contributed by atoms with Gasteiger partial charge in [0.15, 0.2) is 5.65 Å². The Balaban J connectivity index is 1.86. The van der Waals surface area contributed by atoms with Gasteiger partial charge in [0.2, 0.25) is 0 Å². The van der Waals surface area contributed by atoms with Gasteiger partial charge in [-0.1, -0.05) is 0 Å². The van der Waals surface area contributed by atoms with Crippen LogP contribution in [0.25, 0.3) is 22.3 Å². The average Bonchev–Trinajstić information content (AvgIpc) is 3.29. The van der Waals surface area contributed by atoms with Gasteiger partial charge < -0.3 is 10.4 Å². The lowest BCUT2D eigenvalue weighted by molar-refractivity contribution is 0.0952. The molecule has 0 atom stereocenters. The van der Waals surface area contributed by atoms with Gasteiger partial charge in [0.25, 0.3) is 5.91 Å². The summed E-state index contributed by atoms with van der Waals surface area (Å²) in [6.07, 6.45) is 2.07. The van der Waals surface area contributed by atoms with Crippen LogP contribution < -0.4 is 5.32 Å². The van der Waals surface area contributed by atoms with E-state index in [1.807, 2.05) is 6.92 Å². The molecule has 23 heavy (non-hydrogen) atoms. The van der Waals surface area contributed by atoms with Gasteiger partial charge >= 0.3 is 0 Å². The van der Waals surface area contributed by atoms with Crippen molar-refractivity contribution < 1.29 is 9.90 Å². The lowest BCUT2D eigenvalue weighted by Crippen LogP contribution is -2.25. The number of phenols is 1. The third-order valence-corrected chi connectivity index (χ3v) is 4.03. The molecule has 116 valence electrons. The maximum atomic E-state index is 12.6. The molecule has 1 fully saturated rings. The van der Waals surface area contributed by atoms with E-state index in [1.165, 1.54) is 0 Å². The highest BCUT2D eigenvalue weighted by atomic mass is 16.3. The van der Waals surface area contributed by atoms with E-state index in [0.717, 1.165) is 29.5 Å². The molecule has 1 aromatic carbocycles. The maximum Gasteiger partial charge on any atom is 0.252 e. The number of amides is 1. The SMILES string of the molecule is Cc1[nH]nc2nc(-c3ccc(O)cc3)cc(C(=O)NC3CC3)c12. The van der Waals surface area contributed by atoms with Gasteiger partial charge in [0.05, 0.1) is 16.6 Å². The fourth-order valence-electron chi connectivity index (χ4n) is 2.62. The molecule has 0 spiro atoms. The summed E-state index contributed by atoms with van der Waals surface area (Å²) in [5.41, 5.74) is 3.41. The summed E-state index contributed by atoms with van der Waals surface area (Å²) in [6.45, 7) is 1.88. The second-order valence-corrected chi connectivity index (χ2v) is 5.90. The smallest absolute Gasteiger partial charge is 0.252 e. The molecule has 0 radical (unpaired) electrons. The Labute approximate surface area is 132 Å². The van der Waals surface area contributed by atoms with Crippen molar-refractivity contribution >= 4 is 16.9 Å². The molecule has 1 aliphatic rings. The second-order valence-electron chi connectivity index (χ2n) is 5.90. The first-order chi connectivity index (χ1) is 11.1. The minimum Gasteiger partial charge on any atom is -0.508 e. The largest absolute Gasteiger partial charge is 0.508 e. The van der Waals surface area contributed by atoms with Gasteiger partial charge in [0, 0.05) is 17.3 Å². The van der Waals surface area contributed by atoms with Crippen LogP contribution in [-0.4, -0.2) is 32.2 Å². The Morgan fingerprint density at radius 1 is 1.30 bits per heavy atom. The van der Waals surface area contributed by atoms with Crippen LogP contribution in [0.15, 0.2) is 30.3 Å². The van der Waals surface area contributed by atoms with Crippen molar-refractivity contribution in [3.05, 3.63) is 41.6 Å². The van der Waals surface area contributed by atoms with Crippen LogP contribution in [0.3, 0.4) is 0 Å². The van der Waals surface area contributed by atoms with Crippen molar-refractivity contribution in [3.8, 4) is 17.0 Å². The minimum absolute atomic E-state index is 0.0931. The Hall–Kier alpha value is -2.89. The quantitative estimate of drug-likeness (QED) is 0.693. The van der Waals surface area contributed by atoms with Crippen LogP contribution in [0.2, 0.25) is 0 Å². The Morgan fingerprint density at radius 3 is 2.74 bits per heavy atom. The van der Waals surface area contributed by atoms with Crippen molar-refractivity contribution in [2.75, 3.05) is 0 Å². The van der Waals surface area contributed by atoms with Crippen molar-refractivity contribution in [2.45, 2.75) is 25.8 Å². The molecule has 0 bridgehead atoms. The molecule has 6 nitrogen and oxygen atoms in total. The first-order valence-corrected chi connectivity index (χ1v) is 7.58. The Kier molecular flexibility index (Phi) is 3.04. The highest BCUT2D eigenvalue weighted by Gasteiger charge is 2.26. The molecular weight excluding hydrogens is 292 g/mol. The number of rotatable bonds is 3. The average molecular weight is 308 g/mol. The molecule has 1 saturated carbocycles. The zero-order chi connectivity index (χ0) is 16.0. The van der Waals surface area contributed by atoms with Crippen LogP contribution in [-0.2, 0) is 0 Å². The third-order valence-electron chi connectivity index (χ3n) is 4.03. The predicted octanol–water partition coefficient (Wildman–Crippen LogP) is 2.53. The molecule has 2 aromatic heterocycles. The molecule has 2 heterocycles. The first kappa shape index (κ1) is 13.8. The number of carbonyl (C=O) groups excluding carboxylic acids is 1. The lowest BCUT2D eigenvalue weighted by atomic mass is 10.0. The summed E-state index contributed by atoms with van der Waals surface area (Å²) in [5, 5.41) is 20.3.